The number of ether oxygens (including phenoxy) is 1. The molecule has 1 fully saturated rings. The van der Waals surface area contributed by atoms with E-state index in [1.165, 1.54) is 6.33 Å². The van der Waals surface area contributed by atoms with Gasteiger partial charge in [0.2, 0.25) is 0 Å². The molecule has 1 unspecified atom stereocenters. The van der Waals surface area contributed by atoms with Crippen LogP contribution in [0.3, 0.4) is 0 Å². The Kier molecular flexibility index (Phi) is 4.37. The van der Waals surface area contributed by atoms with E-state index < -0.39 is 0 Å². The van der Waals surface area contributed by atoms with E-state index in [-0.39, 0.29) is 6.10 Å². The van der Waals surface area contributed by atoms with Crippen molar-refractivity contribution in [3.63, 3.8) is 0 Å². The van der Waals surface area contributed by atoms with Crippen molar-refractivity contribution in [2.45, 2.75) is 25.9 Å². The molecular formula is C17H20N6OS. The van der Waals surface area contributed by atoms with E-state index in [0.717, 1.165) is 40.4 Å². The van der Waals surface area contributed by atoms with Crippen LogP contribution in [-0.4, -0.2) is 34.2 Å². The molecule has 0 radical (unpaired) electrons. The maximum absolute atomic E-state index is 6.23. The van der Waals surface area contributed by atoms with Gasteiger partial charge >= 0.3 is 0 Å². The molecule has 8 heteroatoms. The number of fused-ring (bicyclic) bond motifs is 1. The Hall–Kier alpha value is -2.45. The number of benzene rings is 1. The number of thiazole rings is 1. The van der Waals surface area contributed by atoms with Crippen LogP contribution >= 0.6 is 11.3 Å². The van der Waals surface area contributed by atoms with E-state index in [2.05, 4.69) is 44.6 Å². The van der Waals surface area contributed by atoms with Crippen LogP contribution in [0.5, 0.6) is 0 Å². The van der Waals surface area contributed by atoms with Crippen molar-refractivity contribution in [2.24, 2.45) is 0 Å². The molecule has 0 aliphatic carbocycles. The summed E-state index contributed by atoms with van der Waals surface area (Å²) in [7, 11) is 0. The number of para-hydroxylation sites is 1. The maximum Gasteiger partial charge on any atom is 0.189 e. The summed E-state index contributed by atoms with van der Waals surface area (Å²) in [5, 5.41) is 7.24. The molecule has 25 heavy (non-hydrogen) atoms. The molecule has 0 saturated carbocycles. The molecule has 1 saturated heterocycles. The second-order valence-corrected chi connectivity index (χ2v) is 7.10. The van der Waals surface area contributed by atoms with Gasteiger partial charge in [-0.3, -0.25) is 0 Å². The van der Waals surface area contributed by atoms with Crippen molar-refractivity contribution < 1.29 is 4.74 Å². The summed E-state index contributed by atoms with van der Waals surface area (Å²) in [6, 6.07) is 6.15. The standard InChI is InChI=1S/C17H20N6OS/c1-10-4-2-6-12-14(10)22-17(25-12)23-16-13(18)15(20-9-21-16)19-8-11-5-3-7-24-11/h2,4,6,9,11H,3,5,7-8,18H2,1H3,(H2,19,20,21,22,23). The van der Waals surface area contributed by atoms with Crippen molar-refractivity contribution in [1.82, 2.24) is 15.0 Å². The van der Waals surface area contributed by atoms with Gasteiger partial charge in [0.1, 0.15) is 12.0 Å². The van der Waals surface area contributed by atoms with E-state index in [1.54, 1.807) is 11.3 Å². The molecule has 4 rings (SSSR count). The van der Waals surface area contributed by atoms with E-state index in [0.29, 0.717) is 23.9 Å². The van der Waals surface area contributed by atoms with Gasteiger partial charge < -0.3 is 21.1 Å². The SMILES string of the molecule is Cc1cccc2sc(Nc3ncnc(NCC4CCCO4)c3N)nc12. The third-order valence-electron chi connectivity index (χ3n) is 4.25. The zero-order valence-electron chi connectivity index (χ0n) is 14.0. The Balaban J connectivity index is 1.53. The molecule has 1 aliphatic rings. The van der Waals surface area contributed by atoms with Gasteiger partial charge in [-0.2, -0.15) is 0 Å². The highest BCUT2D eigenvalue weighted by Gasteiger charge is 2.17. The van der Waals surface area contributed by atoms with Crippen LogP contribution < -0.4 is 16.4 Å². The Labute approximate surface area is 149 Å². The third kappa shape index (κ3) is 3.35. The van der Waals surface area contributed by atoms with Gasteiger partial charge in [0, 0.05) is 13.2 Å². The first-order valence-corrected chi connectivity index (χ1v) is 9.11. The molecule has 1 aliphatic heterocycles. The highest BCUT2D eigenvalue weighted by Crippen LogP contribution is 2.32. The third-order valence-corrected chi connectivity index (χ3v) is 5.19. The fraction of sp³-hybridized carbons (Fsp3) is 0.353. The summed E-state index contributed by atoms with van der Waals surface area (Å²) in [6.07, 6.45) is 3.89. The summed E-state index contributed by atoms with van der Waals surface area (Å²) >= 11 is 1.58. The van der Waals surface area contributed by atoms with E-state index in [4.69, 9.17) is 10.5 Å². The number of hydrogen-bond acceptors (Lipinski definition) is 8. The number of nitrogens with two attached hydrogens (primary N) is 1. The van der Waals surface area contributed by atoms with Crippen LogP contribution in [0.4, 0.5) is 22.5 Å². The van der Waals surface area contributed by atoms with Gasteiger partial charge in [-0.1, -0.05) is 23.5 Å². The average Bonchev–Trinajstić information content (AvgIpc) is 3.25. The minimum Gasteiger partial charge on any atom is -0.393 e. The normalized spacial score (nSPS) is 17.1. The van der Waals surface area contributed by atoms with E-state index in [9.17, 15) is 0 Å². The van der Waals surface area contributed by atoms with Crippen molar-refractivity contribution in [1.29, 1.82) is 0 Å². The summed E-state index contributed by atoms with van der Waals surface area (Å²) in [5.74, 6) is 1.17. The number of nitrogen functional groups attached to an aromatic ring is 1. The number of aromatic nitrogens is 3. The molecule has 2 aromatic heterocycles. The topological polar surface area (TPSA) is 98.0 Å². The smallest absolute Gasteiger partial charge is 0.189 e. The average molecular weight is 356 g/mol. The Morgan fingerprint density at radius 3 is 3.00 bits per heavy atom. The lowest BCUT2D eigenvalue weighted by Gasteiger charge is -2.14. The van der Waals surface area contributed by atoms with Crippen LogP contribution in [0, 0.1) is 6.92 Å². The number of anilines is 4. The lowest BCUT2D eigenvalue weighted by Crippen LogP contribution is -2.20. The predicted molar refractivity (Wildman–Crippen MR) is 102 cm³/mol. The Bertz CT molecular complexity index is 890. The molecule has 130 valence electrons. The van der Waals surface area contributed by atoms with Crippen molar-refractivity contribution in [2.75, 3.05) is 29.5 Å². The highest BCUT2D eigenvalue weighted by atomic mass is 32.1. The molecule has 0 bridgehead atoms. The van der Waals surface area contributed by atoms with Gasteiger partial charge in [0.25, 0.3) is 0 Å². The summed E-state index contributed by atoms with van der Waals surface area (Å²) < 4.78 is 6.75. The first-order chi connectivity index (χ1) is 12.2. The molecular weight excluding hydrogens is 336 g/mol. The van der Waals surface area contributed by atoms with Gasteiger partial charge in [-0.25, -0.2) is 15.0 Å². The number of nitrogens with one attached hydrogen (secondary N) is 2. The summed E-state index contributed by atoms with van der Waals surface area (Å²) in [6.45, 7) is 3.58. The lowest BCUT2D eigenvalue weighted by molar-refractivity contribution is 0.120. The zero-order valence-corrected chi connectivity index (χ0v) is 14.8. The largest absolute Gasteiger partial charge is 0.393 e. The molecule has 7 nitrogen and oxygen atoms in total. The van der Waals surface area contributed by atoms with E-state index >= 15 is 0 Å². The lowest BCUT2D eigenvalue weighted by atomic mass is 10.2. The minimum atomic E-state index is 0.220. The van der Waals surface area contributed by atoms with Gasteiger partial charge in [-0.05, 0) is 31.4 Å². The number of rotatable bonds is 5. The maximum atomic E-state index is 6.23. The second-order valence-electron chi connectivity index (χ2n) is 6.07. The van der Waals surface area contributed by atoms with Gasteiger partial charge in [0.05, 0.1) is 16.3 Å². The van der Waals surface area contributed by atoms with Crippen molar-refractivity contribution in [3.8, 4) is 0 Å². The zero-order chi connectivity index (χ0) is 17.2. The second kappa shape index (κ2) is 6.81. The first kappa shape index (κ1) is 16.0. The van der Waals surface area contributed by atoms with Crippen molar-refractivity contribution >= 4 is 44.0 Å². The molecule has 1 atom stereocenters. The fourth-order valence-electron chi connectivity index (χ4n) is 2.89. The number of nitrogens with zero attached hydrogens (tertiary/aromatic N) is 3. The number of aryl methyl sites for hydroxylation is 1. The fourth-order valence-corrected chi connectivity index (χ4v) is 3.84. The van der Waals surface area contributed by atoms with Gasteiger partial charge in [0.15, 0.2) is 16.8 Å². The highest BCUT2D eigenvalue weighted by molar-refractivity contribution is 7.22. The van der Waals surface area contributed by atoms with Crippen LogP contribution in [0.25, 0.3) is 10.2 Å². The summed E-state index contributed by atoms with van der Waals surface area (Å²) in [5.41, 5.74) is 8.86. The summed E-state index contributed by atoms with van der Waals surface area (Å²) in [4.78, 5) is 13.1. The van der Waals surface area contributed by atoms with Crippen molar-refractivity contribution in [3.05, 3.63) is 30.1 Å². The molecule has 3 aromatic rings. The monoisotopic (exact) mass is 356 g/mol. The minimum absolute atomic E-state index is 0.220. The van der Waals surface area contributed by atoms with Crippen LogP contribution in [0.15, 0.2) is 24.5 Å². The Morgan fingerprint density at radius 1 is 1.32 bits per heavy atom. The first-order valence-electron chi connectivity index (χ1n) is 8.30. The van der Waals surface area contributed by atoms with Crippen LogP contribution in [0.2, 0.25) is 0 Å². The Morgan fingerprint density at radius 2 is 2.20 bits per heavy atom. The quantitative estimate of drug-likeness (QED) is 0.645. The molecule has 0 spiro atoms. The van der Waals surface area contributed by atoms with Crippen LogP contribution in [0.1, 0.15) is 18.4 Å². The van der Waals surface area contributed by atoms with Gasteiger partial charge in [-0.15, -0.1) is 0 Å². The molecule has 3 heterocycles. The molecule has 1 aromatic carbocycles. The molecule has 4 N–H and O–H groups in total. The van der Waals surface area contributed by atoms with E-state index in [1.807, 2.05) is 6.07 Å². The number of hydrogen-bond donors (Lipinski definition) is 3. The van der Waals surface area contributed by atoms with Crippen LogP contribution in [-0.2, 0) is 4.74 Å². The predicted octanol–water partition coefficient (Wildman–Crippen LogP) is 3.31. The molecule has 0 amide bonds.